The first-order valence-corrected chi connectivity index (χ1v) is 13.8. The summed E-state index contributed by atoms with van der Waals surface area (Å²) in [5.41, 5.74) is 1.39. The molecule has 0 aliphatic rings. The molecule has 0 saturated carbocycles. The van der Waals surface area contributed by atoms with Gasteiger partial charge in [0.15, 0.2) is 22.7 Å². The van der Waals surface area contributed by atoms with Gasteiger partial charge in [-0.25, -0.2) is 9.37 Å². The Labute approximate surface area is 235 Å². The van der Waals surface area contributed by atoms with Crippen molar-refractivity contribution < 1.29 is 18.7 Å². The lowest BCUT2D eigenvalue weighted by molar-refractivity contribution is -0.123. The molecule has 0 saturated heterocycles. The highest BCUT2D eigenvalue weighted by molar-refractivity contribution is 7.99. The molecular weight excluding hydrogens is 563 g/mol. The predicted molar refractivity (Wildman–Crippen MR) is 149 cm³/mol. The van der Waals surface area contributed by atoms with Crippen molar-refractivity contribution in [2.24, 2.45) is 0 Å². The number of ether oxygens (including phenoxy) is 1. The number of fused-ring (bicyclic) bond motifs is 1. The quantitative estimate of drug-likeness (QED) is 0.221. The molecule has 0 spiro atoms. The molecule has 0 fully saturated rings. The molecule has 5 rings (SSSR count). The van der Waals surface area contributed by atoms with Gasteiger partial charge in [-0.15, -0.1) is 10.2 Å². The molecule has 0 radical (unpaired) electrons. The van der Waals surface area contributed by atoms with Crippen molar-refractivity contribution in [1.29, 1.82) is 0 Å². The molecule has 2 aromatic heterocycles. The van der Waals surface area contributed by atoms with Crippen LogP contribution in [0.3, 0.4) is 0 Å². The minimum Gasteiger partial charge on any atom is -0.484 e. The van der Waals surface area contributed by atoms with Gasteiger partial charge in [0, 0.05) is 10.7 Å². The Kier molecular flexibility index (Phi) is 8.35. The summed E-state index contributed by atoms with van der Waals surface area (Å²) in [6, 6.07) is 20.0. The van der Waals surface area contributed by atoms with E-state index in [4.69, 9.17) is 16.3 Å². The zero-order chi connectivity index (χ0) is 27.2. The average Bonchev–Trinajstić information content (AvgIpc) is 3.54. The van der Waals surface area contributed by atoms with E-state index in [1.54, 1.807) is 41.0 Å². The van der Waals surface area contributed by atoms with Crippen LogP contribution >= 0.6 is 34.7 Å². The van der Waals surface area contributed by atoms with E-state index in [-0.39, 0.29) is 30.7 Å². The van der Waals surface area contributed by atoms with Crippen LogP contribution in [0.5, 0.6) is 5.75 Å². The topological polar surface area (TPSA) is 111 Å². The van der Waals surface area contributed by atoms with Crippen molar-refractivity contribution in [2.75, 3.05) is 17.7 Å². The highest BCUT2D eigenvalue weighted by Gasteiger charge is 2.18. The number of thiazole rings is 1. The van der Waals surface area contributed by atoms with Crippen LogP contribution < -0.4 is 15.4 Å². The second-order valence-corrected chi connectivity index (χ2v) is 10.5. The Hall–Kier alpha value is -4.00. The van der Waals surface area contributed by atoms with E-state index < -0.39 is 5.82 Å². The molecule has 9 nitrogen and oxygen atoms in total. The molecule has 2 heterocycles. The van der Waals surface area contributed by atoms with E-state index in [0.717, 1.165) is 22.0 Å². The van der Waals surface area contributed by atoms with E-state index in [1.807, 2.05) is 24.3 Å². The normalized spacial score (nSPS) is 10.9. The molecule has 39 heavy (non-hydrogen) atoms. The highest BCUT2D eigenvalue weighted by Crippen LogP contribution is 2.27. The van der Waals surface area contributed by atoms with Crippen LogP contribution in [0.2, 0.25) is 5.02 Å². The molecule has 0 bridgehead atoms. The van der Waals surface area contributed by atoms with Gasteiger partial charge in [-0.2, -0.15) is 0 Å². The number of nitrogens with one attached hydrogen (secondary N) is 2. The molecule has 13 heteroatoms. The summed E-state index contributed by atoms with van der Waals surface area (Å²) in [6.45, 7) is -0.175. The number of anilines is 1. The van der Waals surface area contributed by atoms with Gasteiger partial charge in [0.25, 0.3) is 5.91 Å². The standard InChI is InChI=1S/C26H20ClFN6O3S2/c27-16-5-11-19(12-6-16)37-14-23(35)29-13-22-32-33-26(34(22)18-9-7-17(28)8-10-18)38-15-24(36)31-25-30-20-3-1-2-4-21(20)39-25/h1-12H,13-15H2,(H,29,35)(H,30,31,36). The Morgan fingerprint density at radius 1 is 1.00 bits per heavy atom. The zero-order valence-corrected chi connectivity index (χ0v) is 22.5. The van der Waals surface area contributed by atoms with Gasteiger partial charge in [-0.05, 0) is 60.7 Å². The fraction of sp³-hybridized carbons (Fsp3) is 0.115. The third-order valence-electron chi connectivity index (χ3n) is 5.29. The summed E-state index contributed by atoms with van der Waals surface area (Å²) in [4.78, 5) is 29.4. The lowest BCUT2D eigenvalue weighted by Gasteiger charge is -2.11. The number of carbonyl (C=O) groups is 2. The predicted octanol–water partition coefficient (Wildman–Crippen LogP) is 5.10. The van der Waals surface area contributed by atoms with E-state index in [9.17, 15) is 14.0 Å². The minimum atomic E-state index is -0.398. The van der Waals surface area contributed by atoms with Crippen LogP contribution in [0.4, 0.5) is 9.52 Å². The van der Waals surface area contributed by atoms with Gasteiger partial charge in [-0.3, -0.25) is 14.2 Å². The molecule has 0 aliphatic carbocycles. The largest absolute Gasteiger partial charge is 0.484 e. The van der Waals surface area contributed by atoms with Gasteiger partial charge >= 0.3 is 0 Å². The maximum Gasteiger partial charge on any atom is 0.258 e. The summed E-state index contributed by atoms with van der Waals surface area (Å²) < 4.78 is 21.7. The molecule has 5 aromatic rings. The molecule has 3 aromatic carbocycles. The number of rotatable bonds is 10. The number of nitrogens with zero attached hydrogens (tertiary/aromatic N) is 4. The first-order valence-electron chi connectivity index (χ1n) is 11.6. The lowest BCUT2D eigenvalue weighted by Crippen LogP contribution is -2.29. The summed E-state index contributed by atoms with van der Waals surface area (Å²) in [6.07, 6.45) is 0. The molecule has 0 aliphatic heterocycles. The van der Waals surface area contributed by atoms with Crippen LogP contribution in [0.1, 0.15) is 5.82 Å². The second-order valence-electron chi connectivity index (χ2n) is 8.05. The van der Waals surface area contributed by atoms with Crippen molar-refractivity contribution in [1.82, 2.24) is 25.1 Å². The maximum atomic E-state index is 13.6. The lowest BCUT2D eigenvalue weighted by atomic mass is 10.3. The van der Waals surface area contributed by atoms with Gasteiger partial charge in [-0.1, -0.05) is 46.8 Å². The first kappa shape index (κ1) is 26.6. The maximum absolute atomic E-state index is 13.6. The Morgan fingerprint density at radius 3 is 2.54 bits per heavy atom. The Bertz CT molecular complexity index is 1580. The van der Waals surface area contributed by atoms with Crippen molar-refractivity contribution >= 4 is 61.9 Å². The molecule has 0 unspecified atom stereocenters. The van der Waals surface area contributed by atoms with E-state index in [0.29, 0.717) is 32.6 Å². The van der Waals surface area contributed by atoms with E-state index >= 15 is 0 Å². The molecule has 198 valence electrons. The number of halogens is 2. The van der Waals surface area contributed by atoms with Gasteiger partial charge in [0.2, 0.25) is 5.91 Å². The number of amides is 2. The van der Waals surface area contributed by atoms with Gasteiger partial charge < -0.3 is 15.4 Å². The van der Waals surface area contributed by atoms with Crippen LogP contribution in [0.25, 0.3) is 15.9 Å². The van der Waals surface area contributed by atoms with Crippen LogP contribution in [0, 0.1) is 5.82 Å². The second kappa shape index (κ2) is 12.2. The third kappa shape index (κ3) is 6.91. The van der Waals surface area contributed by atoms with Crippen LogP contribution in [-0.2, 0) is 16.1 Å². The summed E-state index contributed by atoms with van der Waals surface area (Å²) >= 11 is 8.41. The van der Waals surface area contributed by atoms with Crippen LogP contribution in [0.15, 0.2) is 78.0 Å². The molecule has 2 amide bonds. The van der Waals surface area contributed by atoms with Crippen molar-refractivity contribution in [3.63, 3.8) is 0 Å². The summed E-state index contributed by atoms with van der Waals surface area (Å²) in [7, 11) is 0. The smallest absolute Gasteiger partial charge is 0.258 e. The number of carbonyl (C=O) groups excluding carboxylic acids is 2. The number of para-hydroxylation sites is 1. The fourth-order valence-corrected chi connectivity index (χ4v) is 5.26. The van der Waals surface area contributed by atoms with Gasteiger partial charge in [0.1, 0.15) is 11.6 Å². The fourth-order valence-electron chi connectivity index (χ4n) is 3.48. The highest BCUT2D eigenvalue weighted by atomic mass is 35.5. The van der Waals surface area contributed by atoms with Gasteiger partial charge in [0.05, 0.1) is 22.5 Å². The Balaban J connectivity index is 1.24. The first-order chi connectivity index (χ1) is 18.9. The number of benzene rings is 3. The number of hydrogen-bond acceptors (Lipinski definition) is 8. The summed E-state index contributed by atoms with van der Waals surface area (Å²) in [5, 5.41) is 15.4. The van der Waals surface area contributed by atoms with Crippen molar-refractivity contribution in [2.45, 2.75) is 11.7 Å². The van der Waals surface area contributed by atoms with Crippen LogP contribution in [-0.4, -0.2) is 43.9 Å². The average molecular weight is 583 g/mol. The molecule has 0 atom stereocenters. The SMILES string of the molecule is O=C(COc1ccc(Cl)cc1)NCc1nnc(SCC(=O)Nc2nc3ccccc3s2)n1-c1ccc(F)cc1. The minimum absolute atomic E-state index is 0.0334. The zero-order valence-electron chi connectivity index (χ0n) is 20.1. The van der Waals surface area contributed by atoms with E-state index in [2.05, 4.69) is 25.8 Å². The third-order valence-corrected chi connectivity index (χ3v) is 7.42. The Morgan fingerprint density at radius 2 is 1.77 bits per heavy atom. The number of aromatic nitrogens is 4. The van der Waals surface area contributed by atoms with Crippen molar-refractivity contribution in [3.8, 4) is 11.4 Å². The molecular formula is C26H20ClFN6O3S2. The monoisotopic (exact) mass is 582 g/mol. The number of thioether (sulfide) groups is 1. The summed E-state index contributed by atoms with van der Waals surface area (Å²) in [5.74, 6) is -0.0888. The number of hydrogen-bond donors (Lipinski definition) is 2. The molecule has 2 N–H and O–H groups in total. The van der Waals surface area contributed by atoms with E-state index in [1.165, 1.54) is 23.5 Å². The van der Waals surface area contributed by atoms with Crippen molar-refractivity contribution in [3.05, 3.63) is 89.5 Å².